The summed E-state index contributed by atoms with van der Waals surface area (Å²) < 4.78 is 0. The number of benzene rings is 1. The number of carbonyl (C=O) groups is 1. The van der Waals surface area contributed by atoms with Gasteiger partial charge in [0.2, 0.25) is 5.91 Å². The summed E-state index contributed by atoms with van der Waals surface area (Å²) in [5.74, 6) is -0.263. The fraction of sp³-hybridized carbons (Fsp3) is 0.308. The van der Waals surface area contributed by atoms with Crippen molar-refractivity contribution in [2.75, 3.05) is 6.54 Å². The lowest BCUT2D eigenvalue weighted by molar-refractivity contribution is -0.118. The summed E-state index contributed by atoms with van der Waals surface area (Å²) in [5, 5.41) is 5.03. The van der Waals surface area contributed by atoms with Gasteiger partial charge in [-0.2, -0.15) is 0 Å². The second-order valence-electron chi connectivity index (χ2n) is 4.21. The van der Waals surface area contributed by atoms with E-state index in [1.165, 1.54) is 0 Å². The van der Waals surface area contributed by atoms with E-state index in [2.05, 4.69) is 10.3 Å². The van der Waals surface area contributed by atoms with Crippen molar-refractivity contribution in [3.05, 3.63) is 35.0 Å². The molecule has 2 aromatic rings. The third kappa shape index (κ3) is 3.03. The van der Waals surface area contributed by atoms with Crippen molar-refractivity contribution in [1.29, 1.82) is 0 Å². The summed E-state index contributed by atoms with van der Waals surface area (Å²) in [5.41, 5.74) is 7.07. The number of aromatic nitrogens is 1. The van der Waals surface area contributed by atoms with E-state index in [9.17, 15) is 4.79 Å². The highest BCUT2D eigenvalue weighted by Crippen LogP contribution is 2.26. The van der Waals surface area contributed by atoms with Gasteiger partial charge in [0.15, 0.2) is 0 Å². The van der Waals surface area contributed by atoms with E-state index in [1.807, 2.05) is 24.3 Å². The third-order valence-electron chi connectivity index (χ3n) is 2.79. The number of aromatic amines is 1. The average molecular weight is 266 g/mol. The van der Waals surface area contributed by atoms with Crippen molar-refractivity contribution in [1.82, 2.24) is 10.3 Å². The Kier molecular flexibility index (Phi) is 4.23. The fourth-order valence-electron chi connectivity index (χ4n) is 1.89. The van der Waals surface area contributed by atoms with E-state index in [0.29, 0.717) is 13.0 Å². The van der Waals surface area contributed by atoms with Gasteiger partial charge in [0, 0.05) is 29.6 Å². The molecule has 0 saturated heterocycles. The Morgan fingerprint density at radius 1 is 1.39 bits per heavy atom. The number of hydrogen-bond acceptors (Lipinski definition) is 2. The van der Waals surface area contributed by atoms with Crippen molar-refractivity contribution in [3.8, 4) is 0 Å². The van der Waals surface area contributed by atoms with Crippen LogP contribution in [0.3, 0.4) is 0 Å². The maximum Gasteiger partial charge on any atom is 0.217 e. The van der Waals surface area contributed by atoms with Gasteiger partial charge >= 0.3 is 0 Å². The Labute approximate surface area is 111 Å². The first kappa shape index (κ1) is 12.9. The van der Waals surface area contributed by atoms with Gasteiger partial charge in [-0.05, 0) is 19.0 Å². The van der Waals surface area contributed by atoms with Gasteiger partial charge in [-0.15, -0.1) is 0 Å². The number of nitrogens with one attached hydrogen (secondary N) is 2. The van der Waals surface area contributed by atoms with Crippen LogP contribution in [0.5, 0.6) is 0 Å². The molecule has 0 aliphatic carbocycles. The molecule has 0 aliphatic heterocycles. The molecule has 18 heavy (non-hydrogen) atoms. The van der Waals surface area contributed by atoms with Crippen LogP contribution in [0.25, 0.3) is 10.9 Å². The first-order valence-electron chi connectivity index (χ1n) is 5.92. The molecule has 0 saturated carbocycles. The summed E-state index contributed by atoms with van der Waals surface area (Å²) in [6, 6.07) is 7.92. The zero-order chi connectivity index (χ0) is 13.0. The summed E-state index contributed by atoms with van der Waals surface area (Å²) in [7, 11) is 0. The Bertz CT molecular complexity index is 550. The molecule has 0 atom stereocenters. The zero-order valence-corrected chi connectivity index (χ0v) is 10.8. The van der Waals surface area contributed by atoms with Crippen LogP contribution in [-0.4, -0.2) is 17.4 Å². The average Bonchev–Trinajstić information content (AvgIpc) is 2.66. The van der Waals surface area contributed by atoms with Crippen LogP contribution in [0.2, 0.25) is 5.02 Å². The van der Waals surface area contributed by atoms with Crippen molar-refractivity contribution in [2.24, 2.45) is 5.73 Å². The topological polar surface area (TPSA) is 70.9 Å². The summed E-state index contributed by atoms with van der Waals surface area (Å²) in [4.78, 5) is 13.8. The van der Waals surface area contributed by atoms with E-state index in [-0.39, 0.29) is 5.91 Å². The molecule has 96 valence electrons. The maximum atomic E-state index is 10.6. The minimum absolute atomic E-state index is 0.263. The molecule has 1 aromatic heterocycles. The number of hydrogen-bond donors (Lipinski definition) is 3. The minimum atomic E-state index is -0.263. The lowest BCUT2D eigenvalue weighted by atomic mass is 10.2. The lowest BCUT2D eigenvalue weighted by Gasteiger charge is -2.02. The summed E-state index contributed by atoms with van der Waals surface area (Å²) in [6.07, 6.45) is 1.15. The normalized spacial score (nSPS) is 10.9. The predicted octanol–water partition coefficient (Wildman–Crippen LogP) is 2.18. The van der Waals surface area contributed by atoms with E-state index in [1.54, 1.807) is 0 Å². The molecule has 1 amide bonds. The van der Waals surface area contributed by atoms with Gasteiger partial charge in [-0.3, -0.25) is 4.79 Å². The number of H-pyrrole nitrogens is 1. The summed E-state index contributed by atoms with van der Waals surface area (Å²) >= 11 is 6.28. The van der Waals surface area contributed by atoms with Crippen LogP contribution in [0, 0.1) is 0 Å². The first-order valence-corrected chi connectivity index (χ1v) is 6.30. The highest BCUT2D eigenvalue weighted by Gasteiger charge is 2.07. The Hall–Kier alpha value is -1.52. The number of fused-ring (bicyclic) bond motifs is 1. The van der Waals surface area contributed by atoms with Crippen molar-refractivity contribution >= 4 is 28.4 Å². The number of para-hydroxylation sites is 1. The van der Waals surface area contributed by atoms with Crippen molar-refractivity contribution in [2.45, 2.75) is 19.4 Å². The molecular weight excluding hydrogens is 250 g/mol. The molecule has 4 nitrogen and oxygen atoms in total. The Balaban J connectivity index is 1.91. The molecule has 0 bridgehead atoms. The molecule has 1 heterocycles. The Morgan fingerprint density at radius 2 is 2.17 bits per heavy atom. The number of carbonyl (C=O) groups excluding carboxylic acids is 1. The van der Waals surface area contributed by atoms with Crippen molar-refractivity contribution in [3.63, 3.8) is 0 Å². The van der Waals surface area contributed by atoms with Gasteiger partial charge in [-0.1, -0.05) is 29.8 Å². The lowest BCUT2D eigenvalue weighted by Crippen LogP contribution is -2.18. The van der Waals surface area contributed by atoms with Crippen LogP contribution < -0.4 is 11.1 Å². The molecule has 4 N–H and O–H groups in total. The van der Waals surface area contributed by atoms with E-state index < -0.39 is 0 Å². The molecular formula is C13H16ClN3O. The highest BCUT2D eigenvalue weighted by molar-refractivity contribution is 6.36. The standard InChI is InChI=1S/C13H16ClN3O/c14-13-9-4-1-2-5-10(9)17-11(13)8-16-7-3-6-12(15)18/h1-2,4-5,16-17H,3,6-8H2,(H2,15,18). The van der Waals surface area contributed by atoms with Crippen LogP contribution in [0.4, 0.5) is 0 Å². The number of rotatable bonds is 6. The molecule has 2 rings (SSSR count). The molecule has 0 fully saturated rings. The second kappa shape index (κ2) is 5.89. The predicted molar refractivity (Wildman–Crippen MR) is 73.4 cm³/mol. The Morgan fingerprint density at radius 3 is 2.89 bits per heavy atom. The second-order valence-corrected chi connectivity index (χ2v) is 4.59. The number of primary amides is 1. The van der Waals surface area contributed by atoms with Crippen LogP contribution in [0.15, 0.2) is 24.3 Å². The minimum Gasteiger partial charge on any atom is -0.370 e. The van der Waals surface area contributed by atoms with Gasteiger partial charge < -0.3 is 16.0 Å². The summed E-state index contributed by atoms with van der Waals surface area (Å²) in [6.45, 7) is 1.40. The van der Waals surface area contributed by atoms with E-state index in [0.717, 1.165) is 34.6 Å². The van der Waals surface area contributed by atoms with Gasteiger partial charge in [0.25, 0.3) is 0 Å². The molecule has 0 unspecified atom stereocenters. The molecule has 0 aliphatic rings. The highest BCUT2D eigenvalue weighted by atomic mass is 35.5. The van der Waals surface area contributed by atoms with Gasteiger partial charge in [-0.25, -0.2) is 0 Å². The smallest absolute Gasteiger partial charge is 0.217 e. The van der Waals surface area contributed by atoms with E-state index >= 15 is 0 Å². The van der Waals surface area contributed by atoms with E-state index in [4.69, 9.17) is 17.3 Å². The van der Waals surface area contributed by atoms with Crippen LogP contribution in [0.1, 0.15) is 18.5 Å². The molecule has 0 radical (unpaired) electrons. The van der Waals surface area contributed by atoms with Gasteiger partial charge in [0.05, 0.1) is 5.02 Å². The zero-order valence-electron chi connectivity index (χ0n) is 10.0. The molecule has 1 aromatic carbocycles. The maximum absolute atomic E-state index is 10.6. The molecule has 0 spiro atoms. The van der Waals surface area contributed by atoms with Gasteiger partial charge in [0.1, 0.15) is 0 Å². The van der Waals surface area contributed by atoms with Crippen molar-refractivity contribution < 1.29 is 4.79 Å². The monoisotopic (exact) mass is 265 g/mol. The number of halogens is 1. The SMILES string of the molecule is NC(=O)CCCNCc1[nH]c2ccccc2c1Cl. The third-order valence-corrected chi connectivity index (χ3v) is 3.22. The first-order chi connectivity index (χ1) is 8.68. The molecule has 5 heteroatoms. The fourth-order valence-corrected chi connectivity index (χ4v) is 2.17. The van der Waals surface area contributed by atoms with Crippen LogP contribution >= 0.6 is 11.6 Å². The quantitative estimate of drug-likeness (QED) is 0.701. The largest absolute Gasteiger partial charge is 0.370 e. The number of nitrogens with two attached hydrogens (primary N) is 1. The van der Waals surface area contributed by atoms with Crippen LogP contribution in [-0.2, 0) is 11.3 Å². The number of amides is 1.